The van der Waals surface area contributed by atoms with Crippen LogP contribution in [0.1, 0.15) is 34.7 Å². The van der Waals surface area contributed by atoms with Crippen molar-refractivity contribution in [1.82, 2.24) is 9.80 Å². The molecule has 0 bridgehead atoms. The third kappa shape index (κ3) is 2.53. The normalized spacial score (nSPS) is 24.6. The number of carbonyl (C=O) groups is 1. The van der Waals surface area contributed by atoms with Crippen LogP contribution in [0.25, 0.3) is 0 Å². The second-order valence-corrected chi connectivity index (χ2v) is 5.60. The average Bonchev–Trinajstić information content (AvgIpc) is 2.95. The topological polar surface area (TPSA) is 56.9 Å². The number of piperazine rings is 1. The summed E-state index contributed by atoms with van der Waals surface area (Å²) >= 11 is 0. The van der Waals surface area contributed by atoms with Gasteiger partial charge in [-0.1, -0.05) is 0 Å². The molecule has 0 aliphatic carbocycles. The molecule has 0 aromatic carbocycles. The van der Waals surface area contributed by atoms with Crippen LogP contribution in [0.3, 0.4) is 0 Å². The zero-order valence-corrected chi connectivity index (χ0v) is 11.3. The summed E-state index contributed by atoms with van der Waals surface area (Å²) in [5, 5.41) is 8.99. The number of furan rings is 1. The van der Waals surface area contributed by atoms with E-state index in [-0.39, 0.29) is 5.76 Å². The molecule has 2 saturated heterocycles. The monoisotopic (exact) mass is 264 g/mol. The Morgan fingerprint density at radius 3 is 3.05 bits per heavy atom. The second kappa shape index (κ2) is 4.98. The van der Waals surface area contributed by atoms with Crippen LogP contribution < -0.4 is 0 Å². The second-order valence-electron chi connectivity index (χ2n) is 5.60. The molecule has 1 atom stereocenters. The lowest BCUT2D eigenvalue weighted by Crippen LogP contribution is -2.49. The van der Waals surface area contributed by atoms with Crippen molar-refractivity contribution in [3.8, 4) is 0 Å². The maximum atomic E-state index is 11.0. The highest BCUT2D eigenvalue weighted by atomic mass is 16.4. The summed E-state index contributed by atoms with van der Waals surface area (Å²) in [7, 11) is 0. The van der Waals surface area contributed by atoms with Gasteiger partial charge < -0.3 is 9.52 Å². The number of carboxylic acid groups (broad SMARTS) is 1. The average molecular weight is 264 g/mol. The van der Waals surface area contributed by atoms with Gasteiger partial charge >= 0.3 is 5.97 Å². The molecule has 1 aromatic rings. The van der Waals surface area contributed by atoms with Gasteiger partial charge in [-0.15, -0.1) is 0 Å². The zero-order valence-electron chi connectivity index (χ0n) is 11.3. The van der Waals surface area contributed by atoms with Gasteiger partial charge in [-0.05, 0) is 32.4 Å². The summed E-state index contributed by atoms with van der Waals surface area (Å²) < 4.78 is 5.44. The lowest BCUT2D eigenvalue weighted by Gasteiger charge is -2.37. The highest BCUT2D eigenvalue weighted by molar-refractivity contribution is 5.86. The highest BCUT2D eigenvalue weighted by Crippen LogP contribution is 2.23. The minimum Gasteiger partial charge on any atom is -0.475 e. The van der Waals surface area contributed by atoms with Gasteiger partial charge in [0.15, 0.2) is 0 Å². The molecular weight excluding hydrogens is 244 g/mol. The Balaban J connectivity index is 1.65. The van der Waals surface area contributed by atoms with Crippen molar-refractivity contribution in [1.29, 1.82) is 0 Å². The molecule has 2 aliphatic rings. The van der Waals surface area contributed by atoms with Crippen LogP contribution in [0.4, 0.5) is 0 Å². The van der Waals surface area contributed by atoms with Gasteiger partial charge in [0.25, 0.3) is 0 Å². The number of rotatable bonds is 3. The Hall–Kier alpha value is -1.33. The minimum atomic E-state index is -0.982. The number of carboxylic acids is 1. The third-order valence-electron chi connectivity index (χ3n) is 4.21. The molecule has 19 heavy (non-hydrogen) atoms. The molecule has 0 radical (unpaired) electrons. The first-order chi connectivity index (χ1) is 9.13. The van der Waals surface area contributed by atoms with Gasteiger partial charge in [0.2, 0.25) is 5.76 Å². The molecule has 5 heteroatoms. The van der Waals surface area contributed by atoms with Crippen molar-refractivity contribution < 1.29 is 14.3 Å². The largest absolute Gasteiger partial charge is 0.475 e. The Bertz CT molecular complexity index is 483. The number of hydrogen-bond acceptors (Lipinski definition) is 4. The zero-order chi connectivity index (χ0) is 13.4. The molecular formula is C14H20N2O3. The molecule has 2 fully saturated rings. The maximum absolute atomic E-state index is 11.0. The molecule has 1 unspecified atom stereocenters. The van der Waals surface area contributed by atoms with E-state index in [0.29, 0.717) is 11.6 Å². The summed E-state index contributed by atoms with van der Waals surface area (Å²) in [5.41, 5.74) is 0.710. The van der Waals surface area contributed by atoms with Gasteiger partial charge in [0, 0.05) is 31.2 Å². The van der Waals surface area contributed by atoms with Gasteiger partial charge in [-0.2, -0.15) is 0 Å². The minimum absolute atomic E-state index is 0.0782. The van der Waals surface area contributed by atoms with Crippen LogP contribution in [0.15, 0.2) is 10.5 Å². The molecule has 0 spiro atoms. The summed E-state index contributed by atoms with van der Waals surface area (Å²) in [5.74, 6) is -0.139. The molecule has 5 nitrogen and oxygen atoms in total. The molecule has 2 aliphatic heterocycles. The summed E-state index contributed by atoms with van der Waals surface area (Å²) in [4.78, 5) is 15.9. The van der Waals surface area contributed by atoms with E-state index in [1.165, 1.54) is 19.4 Å². The summed E-state index contributed by atoms with van der Waals surface area (Å²) in [6.45, 7) is 6.97. The number of fused-ring (bicyclic) bond motifs is 1. The fourth-order valence-corrected chi connectivity index (χ4v) is 3.26. The van der Waals surface area contributed by atoms with Crippen LogP contribution in [0.2, 0.25) is 0 Å². The Morgan fingerprint density at radius 2 is 2.32 bits per heavy atom. The van der Waals surface area contributed by atoms with Crippen molar-refractivity contribution in [3.05, 3.63) is 23.2 Å². The van der Waals surface area contributed by atoms with Crippen LogP contribution in [-0.4, -0.2) is 53.1 Å². The first-order valence-corrected chi connectivity index (χ1v) is 6.92. The fraction of sp³-hybridized carbons (Fsp3) is 0.643. The van der Waals surface area contributed by atoms with Gasteiger partial charge in [0.05, 0.1) is 6.54 Å². The molecule has 3 rings (SSSR count). The number of hydrogen-bond donors (Lipinski definition) is 1. The Labute approximate surface area is 112 Å². The molecule has 104 valence electrons. The molecule has 1 N–H and O–H groups in total. The van der Waals surface area contributed by atoms with E-state index in [2.05, 4.69) is 9.80 Å². The standard InChI is InChI=1S/C14H20N2O3/c1-10-7-12(19-13(10)14(17)18)9-15-5-6-16-4-2-3-11(16)8-15/h7,11H,2-6,8-9H2,1H3,(H,17,18). The lowest BCUT2D eigenvalue weighted by atomic mass is 10.1. The fourth-order valence-electron chi connectivity index (χ4n) is 3.26. The van der Waals surface area contributed by atoms with Crippen LogP contribution >= 0.6 is 0 Å². The highest BCUT2D eigenvalue weighted by Gasteiger charge is 2.30. The SMILES string of the molecule is Cc1cc(CN2CCN3CCCC3C2)oc1C(=O)O. The smallest absolute Gasteiger partial charge is 0.372 e. The molecule has 1 aromatic heterocycles. The van der Waals surface area contributed by atoms with Gasteiger partial charge in [-0.3, -0.25) is 9.80 Å². The Kier molecular flexibility index (Phi) is 3.33. The molecule has 0 saturated carbocycles. The van der Waals surface area contributed by atoms with Crippen molar-refractivity contribution >= 4 is 5.97 Å². The van der Waals surface area contributed by atoms with Gasteiger partial charge in [0.1, 0.15) is 5.76 Å². The molecule has 0 amide bonds. The number of aryl methyl sites for hydroxylation is 1. The third-order valence-corrected chi connectivity index (χ3v) is 4.21. The number of nitrogens with zero attached hydrogens (tertiary/aromatic N) is 2. The van der Waals surface area contributed by atoms with Crippen molar-refractivity contribution in [2.45, 2.75) is 32.4 Å². The maximum Gasteiger partial charge on any atom is 0.372 e. The predicted molar refractivity (Wildman–Crippen MR) is 70.3 cm³/mol. The summed E-state index contributed by atoms with van der Waals surface area (Å²) in [6, 6.07) is 2.54. The molecule has 3 heterocycles. The van der Waals surface area contributed by atoms with E-state index < -0.39 is 5.97 Å². The van der Waals surface area contributed by atoms with E-state index in [9.17, 15) is 4.79 Å². The van der Waals surface area contributed by atoms with E-state index in [0.717, 1.165) is 31.9 Å². The van der Waals surface area contributed by atoms with Crippen molar-refractivity contribution in [3.63, 3.8) is 0 Å². The first kappa shape index (κ1) is 12.7. The van der Waals surface area contributed by atoms with E-state index in [1.54, 1.807) is 6.92 Å². The van der Waals surface area contributed by atoms with E-state index >= 15 is 0 Å². The first-order valence-electron chi connectivity index (χ1n) is 6.92. The summed E-state index contributed by atoms with van der Waals surface area (Å²) in [6.07, 6.45) is 2.59. The Morgan fingerprint density at radius 1 is 1.47 bits per heavy atom. The van der Waals surface area contributed by atoms with Crippen molar-refractivity contribution in [2.24, 2.45) is 0 Å². The van der Waals surface area contributed by atoms with Gasteiger partial charge in [-0.25, -0.2) is 4.79 Å². The van der Waals surface area contributed by atoms with Crippen LogP contribution in [-0.2, 0) is 6.54 Å². The number of aromatic carboxylic acids is 1. The van der Waals surface area contributed by atoms with Crippen LogP contribution in [0.5, 0.6) is 0 Å². The van der Waals surface area contributed by atoms with Crippen molar-refractivity contribution in [2.75, 3.05) is 26.2 Å². The lowest BCUT2D eigenvalue weighted by molar-refractivity contribution is 0.0650. The van der Waals surface area contributed by atoms with E-state index in [4.69, 9.17) is 9.52 Å². The van der Waals surface area contributed by atoms with Crippen LogP contribution in [0, 0.1) is 6.92 Å². The quantitative estimate of drug-likeness (QED) is 0.898. The predicted octanol–water partition coefficient (Wildman–Crippen LogP) is 1.57. The van der Waals surface area contributed by atoms with E-state index in [1.807, 2.05) is 6.07 Å².